The Morgan fingerprint density at radius 3 is 2.15 bits per heavy atom. The molecule has 0 fully saturated rings. The maximum absolute atomic E-state index is 4.62. The maximum Gasteiger partial charge on any atom is 0.163 e. The number of aromatic nitrogens is 2. The first-order valence-electron chi connectivity index (χ1n) is 4.92. The molecule has 0 saturated carbocycles. The summed E-state index contributed by atoms with van der Waals surface area (Å²) in [5.74, 6) is 0. The molecule has 0 saturated heterocycles. The van der Waals surface area contributed by atoms with Crippen LogP contribution in [-0.4, -0.2) is 17.6 Å². The van der Waals surface area contributed by atoms with E-state index in [0.29, 0.717) is 0 Å². The fraction of sp³-hybridized carbons (Fsp3) is 0.700. The summed E-state index contributed by atoms with van der Waals surface area (Å²) >= 11 is 0. The number of hydrogen-bond donors (Lipinski definition) is 0. The quantitative estimate of drug-likeness (QED) is 0.580. The fourth-order valence-corrected chi connectivity index (χ4v) is 1.66. The van der Waals surface area contributed by atoms with Crippen LogP contribution in [0.2, 0.25) is 0 Å². The normalized spacial score (nSPS) is 12.1. The third-order valence-corrected chi connectivity index (χ3v) is 2.52. The molecule has 13 heavy (non-hydrogen) atoms. The Labute approximate surface area is 81.7 Å². The van der Waals surface area contributed by atoms with Gasteiger partial charge in [0.05, 0.1) is 5.69 Å². The van der Waals surface area contributed by atoms with E-state index in [9.17, 15) is 0 Å². The zero-order valence-electron chi connectivity index (χ0n) is 9.60. The first-order chi connectivity index (χ1) is 5.88. The van der Waals surface area contributed by atoms with Crippen LogP contribution in [-0.2, 0) is 12.0 Å². The Bertz CT molecular complexity index is 307. The highest BCUT2D eigenvalue weighted by Gasteiger charge is 2.21. The Balaban J connectivity index is 3.25. The van der Waals surface area contributed by atoms with Crippen LogP contribution in [0.5, 0.6) is 0 Å². The van der Waals surface area contributed by atoms with Crippen molar-refractivity contribution in [3.8, 4) is 0 Å². The number of hydrogen-bond acceptors (Lipinski definition) is 1. The standard InChI is InChI=1S/C10H19BN2/c1-6-13-9(11)7(2)8(12-13)10(3,4)5/h6,11H2,1-5H3. The summed E-state index contributed by atoms with van der Waals surface area (Å²) in [4.78, 5) is 0. The van der Waals surface area contributed by atoms with E-state index in [1.165, 1.54) is 16.9 Å². The van der Waals surface area contributed by atoms with E-state index in [4.69, 9.17) is 0 Å². The van der Waals surface area contributed by atoms with Gasteiger partial charge in [-0.3, -0.25) is 4.68 Å². The van der Waals surface area contributed by atoms with Crippen LogP contribution in [0.25, 0.3) is 0 Å². The van der Waals surface area contributed by atoms with Crippen molar-refractivity contribution < 1.29 is 0 Å². The van der Waals surface area contributed by atoms with E-state index in [-0.39, 0.29) is 5.41 Å². The second-order valence-corrected chi connectivity index (χ2v) is 4.62. The first kappa shape index (κ1) is 10.4. The molecular formula is C10H19BN2. The molecule has 1 aromatic heterocycles. The van der Waals surface area contributed by atoms with E-state index in [2.05, 4.69) is 52.2 Å². The smallest absolute Gasteiger partial charge is 0.163 e. The molecule has 1 rings (SSSR count). The summed E-state index contributed by atoms with van der Waals surface area (Å²) in [6, 6.07) is 0. The van der Waals surface area contributed by atoms with Gasteiger partial charge < -0.3 is 0 Å². The third kappa shape index (κ3) is 1.79. The topological polar surface area (TPSA) is 17.8 Å². The van der Waals surface area contributed by atoms with Crippen LogP contribution in [0.4, 0.5) is 0 Å². The molecule has 0 amide bonds. The Kier molecular flexibility index (Phi) is 2.55. The molecule has 3 heteroatoms. The molecule has 0 aliphatic rings. The second-order valence-electron chi connectivity index (χ2n) is 4.62. The van der Waals surface area contributed by atoms with E-state index >= 15 is 0 Å². The van der Waals surface area contributed by atoms with Crippen LogP contribution < -0.4 is 5.59 Å². The summed E-state index contributed by atoms with van der Waals surface area (Å²) in [5, 5.41) is 4.62. The molecule has 0 bridgehead atoms. The summed E-state index contributed by atoms with van der Waals surface area (Å²) in [6.45, 7) is 11.9. The average molecular weight is 178 g/mol. The minimum atomic E-state index is 0.162. The van der Waals surface area contributed by atoms with Crippen molar-refractivity contribution in [1.82, 2.24) is 9.78 Å². The molecule has 0 N–H and O–H groups in total. The van der Waals surface area contributed by atoms with Gasteiger partial charge in [0, 0.05) is 12.0 Å². The minimum absolute atomic E-state index is 0.162. The van der Waals surface area contributed by atoms with Crippen molar-refractivity contribution in [3.05, 3.63) is 11.3 Å². The molecule has 0 aromatic carbocycles. The van der Waals surface area contributed by atoms with E-state index < -0.39 is 0 Å². The van der Waals surface area contributed by atoms with Crippen LogP contribution >= 0.6 is 0 Å². The Morgan fingerprint density at radius 2 is 1.92 bits per heavy atom. The minimum Gasteiger partial charge on any atom is -0.279 e. The van der Waals surface area contributed by atoms with Crippen molar-refractivity contribution in [2.75, 3.05) is 0 Å². The lowest BCUT2D eigenvalue weighted by molar-refractivity contribution is 0.540. The van der Waals surface area contributed by atoms with Gasteiger partial charge in [0.25, 0.3) is 0 Å². The highest BCUT2D eigenvalue weighted by Crippen LogP contribution is 2.22. The zero-order chi connectivity index (χ0) is 10.2. The highest BCUT2D eigenvalue weighted by atomic mass is 15.3. The summed E-state index contributed by atoms with van der Waals surface area (Å²) in [5.41, 5.74) is 4.03. The van der Waals surface area contributed by atoms with E-state index in [0.717, 1.165) is 6.54 Å². The van der Waals surface area contributed by atoms with Crippen molar-refractivity contribution >= 4 is 13.4 Å². The SMILES string of the molecule is Bc1c(C)c(C(C)(C)C)nn1CC. The van der Waals surface area contributed by atoms with Gasteiger partial charge in [-0.05, 0) is 25.0 Å². The van der Waals surface area contributed by atoms with Crippen LogP contribution in [0, 0.1) is 6.92 Å². The lowest BCUT2D eigenvalue weighted by Crippen LogP contribution is -2.18. The maximum atomic E-state index is 4.62. The van der Waals surface area contributed by atoms with Gasteiger partial charge in [0.1, 0.15) is 0 Å². The summed E-state index contributed by atoms with van der Waals surface area (Å²) in [6.07, 6.45) is 0. The van der Waals surface area contributed by atoms with Gasteiger partial charge in [0.15, 0.2) is 7.85 Å². The molecule has 1 aromatic rings. The lowest BCUT2D eigenvalue weighted by Gasteiger charge is -2.16. The summed E-state index contributed by atoms with van der Waals surface area (Å²) < 4.78 is 2.08. The van der Waals surface area contributed by atoms with E-state index in [1.807, 2.05) is 0 Å². The summed E-state index contributed by atoms with van der Waals surface area (Å²) in [7, 11) is 2.14. The van der Waals surface area contributed by atoms with Gasteiger partial charge >= 0.3 is 0 Å². The van der Waals surface area contributed by atoms with Gasteiger partial charge in [-0.1, -0.05) is 20.8 Å². The Hall–Kier alpha value is -0.725. The van der Waals surface area contributed by atoms with Gasteiger partial charge in [-0.15, -0.1) is 0 Å². The zero-order valence-corrected chi connectivity index (χ0v) is 9.60. The predicted molar refractivity (Wildman–Crippen MR) is 59.5 cm³/mol. The van der Waals surface area contributed by atoms with Gasteiger partial charge in [-0.25, -0.2) is 0 Å². The van der Waals surface area contributed by atoms with Crippen molar-refractivity contribution in [2.45, 2.75) is 46.6 Å². The largest absolute Gasteiger partial charge is 0.279 e. The first-order valence-corrected chi connectivity index (χ1v) is 4.92. The van der Waals surface area contributed by atoms with Crippen LogP contribution in [0.3, 0.4) is 0 Å². The predicted octanol–water partition coefficient (Wildman–Crippen LogP) is 0.767. The van der Waals surface area contributed by atoms with Crippen molar-refractivity contribution in [1.29, 1.82) is 0 Å². The van der Waals surface area contributed by atoms with Crippen molar-refractivity contribution in [2.24, 2.45) is 0 Å². The monoisotopic (exact) mass is 178 g/mol. The van der Waals surface area contributed by atoms with Gasteiger partial charge in [-0.2, -0.15) is 5.10 Å². The number of aryl methyl sites for hydroxylation is 1. The highest BCUT2D eigenvalue weighted by molar-refractivity contribution is 6.32. The Morgan fingerprint density at radius 1 is 1.38 bits per heavy atom. The van der Waals surface area contributed by atoms with Crippen LogP contribution in [0.1, 0.15) is 39.0 Å². The molecule has 0 atom stereocenters. The average Bonchev–Trinajstić information content (AvgIpc) is 2.28. The molecule has 0 unspecified atom stereocenters. The fourth-order valence-electron chi connectivity index (χ4n) is 1.66. The molecule has 0 aliphatic heterocycles. The third-order valence-electron chi connectivity index (χ3n) is 2.52. The van der Waals surface area contributed by atoms with Gasteiger partial charge in [0.2, 0.25) is 0 Å². The molecule has 0 radical (unpaired) electrons. The molecule has 72 valence electrons. The lowest BCUT2D eigenvalue weighted by atomic mass is 9.86. The molecule has 2 nitrogen and oxygen atoms in total. The number of rotatable bonds is 1. The molecule has 0 aliphatic carbocycles. The molecule has 1 heterocycles. The second kappa shape index (κ2) is 3.20. The molecular weight excluding hydrogens is 159 g/mol. The molecule has 0 spiro atoms. The number of nitrogens with zero attached hydrogens (tertiary/aromatic N) is 2. The van der Waals surface area contributed by atoms with Crippen molar-refractivity contribution in [3.63, 3.8) is 0 Å². The van der Waals surface area contributed by atoms with Crippen LogP contribution in [0.15, 0.2) is 0 Å². The van der Waals surface area contributed by atoms with E-state index in [1.54, 1.807) is 0 Å².